The Hall–Kier alpha value is -3.24. The normalized spacial score (nSPS) is 10.6. The van der Waals surface area contributed by atoms with Gasteiger partial charge in [0.05, 0.1) is 0 Å². The van der Waals surface area contributed by atoms with Crippen LogP contribution in [0.2, 0.25) is 0 Å². The Morgan fingerprint density at radius 1 is 0.731 bits per heavy atom. The van der Waals surface area contributed by atoms with Gasteiger partial charge in [0.25, 0.3) is 5.91 Å². The van der Waals surface area contributed by atoms with Gasteiger partial charge in [-0.25, -0.2) is 0 Å². The minimum absolute atomic E-state index is 0.229. The lowest BCUT2D eigenvalue weighted by molar-refractivity contribution is 0.0977. The maximum absolute atomic E-state index is 12.3. The van der Waals surface area contributed by atoms with E-state index in [9.17, 15) is 4.79 Å². The van der Waals surface area contributed by atoms with E-state index in [4.69, 9.17) is 12.2 Å². The van der Waals surface area contributed by atoms with Gasteiger partial charge in [0, 0.05) is 16.6 Å². The minimum Gasteiger partial charge on any atom is -0.332 e. The van der Waals surface area contributed by atoms with E-state index in [-0.39, 0.29) is 11.0 Å². The van der Waals surface area contributed by atoms with Crippen molar-refractivity contribution in [3.63, 3.8) is 0 Å². The van der Waals surface area contributed by atoms with E-state index in [0.29, 0.717) is 5.56 Å². The fourth-order valence-electron chi connectivity index (χ4n) is 3.08. The molecule has 0 unspecified atom stereocenters. The summed E-state index contributed by atoms with van der Waals surface area (Å²) in [5.74, 6) is -0.229. The van der Waals surface area contributed by atoms with Gasteiger partial charge in [0.1, 0.15) is 0 Å². The summed E-state index contributed by atoms with van der Waals surface area (Å²) in [6.45, 7) is 0. The molecule has 0 radical (unpaired) electrons. The van der Waals surface area contributed by atoms with Gasteiger partial charge in [-0.2, -0.15) is 0 Å². The highest BCUT2D eigenvalue weighted by atomic mass is 32.1. The van der Waals surface area contributed by atoms with Gasteiger partial charge in [-0.3, -0.25) is 10.1 Å². The predicted molar refractivity (Wildman–Crippen MR) is 112 cm³/mol. The standard InChI is InChI=1S/C22H16N2OS/c25-21(15-8-2-1-3-9-15)24-22(26)23-20-14-16-10-4-5-11-17(16)18-12-6-7-13-19(18)20/h1-14H,(H2,23,24,25,26). The van der Waals surface area contributed by atoms with Crippen LogP contribution in [0.5, 0.6) is 0 Å². The predicted octanol–water partition coefficient (Wildman–Crippen LogP) is 5.12. The molecule has 1 amide bonds. The minimum atomic E-state index is -0.229. The van der Waals surface area contributed by atoms with Crippen molar-refractivity contribution in [2.75, 3.05) is 5.32 Å². The lowest BCUT2D eigenvalue weighted by atomic mass is 10.0. The number of hydrogen-bond acceptors (Lipinski definition) is 2. The molecule has 0 spiro atoms. The van der Waals surface area contributed by atoms with Crippen molar-refractivity contribution in [2.24, 2.45) is 0 Å². The number of benzene rings is 4. The molecular weight excluding hydrogens is 340 g/mol. The monoisotopic (exact) mass is 356 g/mol. The molecule has 4 rings (SSSR count). The Kier molecular flexibility index (Phi) is 4.33. The fraction of sp³-hybridized carbons (Fsp3) is 0. The smallest absolute Gasteiger partial charge is 0.257 e. The van der Waals surface area contributed by atoms with Crippen LogP contribution in [0.15, 0.2) is 84.9 Å². The summed E-state index contributed by atoms with van der Waals surface area (Å²) < 4.78 is 0. The van der Waals surface area contributed by atoms with Crippen molar-refractivity contribution in [1.82, 2.24) is 5.32 Å². The van der Waals surface area contributed by atoms with E-state index in [1.165, 1.54) is 5.39 Å². The van der Waals surface area contributed by atoms with Crippen LogP contribution in [0, 0.1) is 0 Å². The summed E-state index contributed by atoms with van der Waals surface area (Å²) in [4.78, 5) is 12.3. The highest BCUT2D eigenvalue weighted by Gasteiger charge is 2.10. The first-order valence-electron chi connectivity index (χ1n) is 8.30. The molecule has 0 saturated heterocycles. The Bertz CT molecular complexity index is 1120. The molecule has 126 valence electrons. The molecule has 4 aromatic carbocycles. The van der Waals surface area contributed by atoms with Crippen LogP contribution in [0.1, 0.15) is 10.4 Å². The molecule has 0 saturated carbocycles. The first-order valence-corrected chi connectivity index (χ1v) is 8.71. The lowest BCUT2D eigenvalue weighted by Gasteiger charge is -2.14. The quantitative estimate of drug-likeness (QED) is 0.387. The second-order valence-electron chi connectivity index (χ2n) is 5.97. The molecule has 0 heterocycles. The first-order chi connectivity index (χ1) is 12.7. The molecule has 0 aliphatic heterocycles. The van der Waals surface area contributed by atoms with E-state index < -0.39 is 0 Å². The summed E-state index contributed by atoms with van der Waals surface area (Å²) in [5, 5.41) is 10.7. The van der Waals surface area contributed by atoms with Crippen molar-refractivity contribution >= 4 is 50.5 Å². The number of amides is 1. The van der Waals surface area contributed by atoms with Crippen molar-refractivity contribution < 1.29 is 4.79 Å². The van der Waals surface area contributed by atoms with Gasteiger partial charge < -0.3 is 5.32 Å². The van der Waals surface area contributed by atoms with Crippen LogP contribution in [0.3, 0.4) is 0 Å². The maximum atomic E-state index is 12.3. The van der Waals surface area contributed by atoms with Crippen LogP contribution in [-0.2, 0) is 0 Å². The van der Waals surface area contributed by atoms with Gasteiger partial charge >= 0.3 is 0 Å². The maximum Gasteiger partial charge on any atom is 0.257 e. The van der Waals surface area contributed by atoms with Crippen LogP contribution in [0.4, 0.5) is 5.69 Å². The molecule has 2 N–H and O–H groups in total. The van der Waals surface area contributed by atoms with Gasteiger partial charge in [0.15, 0.2) is 5.11 Å². The van der Waals surface area contributed by atoms with E-state index in [1.807, 2.05) is 48.5 Å². The Balaban J connectivity index is 1.66. The third kappa shape index (κ3) is 3.15. The summed E-state index contributed by atoms with van der Waals surface area (Å²) >= 11 is 5.35. The third-order valence-electron chi connectivity index (χ3n) is 4.28. The lowest BCUT2D eigenvalue weighted by Crippen LogP contribution is -2.34. The van der Waals surface area contributed by atoms with Gasteiger partial charge in [-0.15, -0.1) is 0 Å². The molecule has 0 aliphatic rings. The summed E-state index contributed by atoms with van der Waals surface area (Å²) in [6.07, 6.45) is 0. The largest absolute Gasteiger partial charge is 0.332 e. The Morgan fingerprint density at radius 2 is 1.35 bits per heavy atom. The fourth-order valence-corrected chi connectivity index (χ4v) is 3.28. The van der Waals surface area contributed by atoms with Gasteiger partial charge in [-0.1, -0.05) is 66.7 Å². The van der Waals surface area contributed by atoms with Gasteiger partial charge in [0.2, 0.25) is 0 Å². The van der Waals surface area contributed by atoms with E-state index in [0.717, 1.165) is 21.8 Å². The average Bonchev–Trinajstić information content (AvgIpc) is 2.69. The number of anilines is 1. The molecule has 0 aliphatic carbocycles. The van der Waals surface area contributed by atoms with Crippen molar-refractivity contribution in [3.8, 4) is 0 Å². The summed E-state index contributed by atoms with van der Waals surface area (Å²) in [5.41, 5.74) is 1.44. The number of nitrogens with one attached hydrogen (secondary N) is 2. The SMILES string of the molecule is O=C(NC(=S)Nc1cc2ccccc2c2ccccc12)c1ccccc1. The number of fused-ring (bicyclic) bond motifs is 3. The zero-order chi connectivity index (χ0) is 17.9. The van der Waals surface area contributed by atoms with Crippen LogP contribution >= 0.6 is 12.2 Å². The topological polar surface area (TPSA) is 41.1 Å². The molecule has 4 heteroatoms. The number of thiocarbonyl (C=S) groups is 1. The molecule has 0 bridgehead atoms. The Morgan fingerprint density at radius 3 is 2.12 bits per heavy atom. The molecular formula is C22H16N2OS. The van der Waals surface area contributed by atoms with E-state index in [2.05, 4.69) is 34.9 Å². The summed E-state index contributed by atoms with van der Waals surface area (Å²) in [7, 11) is 0. The van der Waals surface area contributed by atoms with Crippen molar-refractivity contribution in [1.29, 1.82) is 0 Å². The van der Waals surface area contributed by atoms with Crippen LogP contribution < -0.4 is 10.6 Å². The number of carbonyl (C=O) groups is 1. The van der Waals surface area contributed by atoms with E-state index >= 15 is 0 Å². The number of carbonyl (C=O) groups excluding carboxylic acids is 1. The molecule has 0 atom stereocenters. The zero-order valence-electron chi connectivity index (χ0n) is 13.9. The Labute approximate surface area is 156 Å². The molecule has 3 nitrogen and oxygen atoms in total. The van der Waals surface area contributed by atoms with Crippen molar-refractivity contribution in [3.05, 3.63) is 90.5 Å². The highest BCUT2D eigenvalue weighted by Crippen LogP contribution is 2.31. The molecule has 0 fully saturated rings. The average molecular weight is 356 g/mol. The van der Waals surface area contributed by atoms with Crippen LogP contribution in [-0.4, -0.2) is 11.0 Å². The number of hydrogen-bond donors (Lipinski definition) is 2. The van der Waals surface area contributed by atoms with E-state index in [1.54, 1.807) is 12.1 Å². The molecule has 4 aromatic rings. The van der Waals surface area contributed by atoms with Crippen molar-refractivity contribution in [2.45, 2.75) is 0 Å². The second-order valence-corrected chi connectivity index (χ2v) is 6.37. The van der Waals surface area contributed by atoms with Gasteiger partial charge in [-0.05, 0) is 46.6 Å². The summed E-state index contributed by atoms with van der Waals surface area (Å²) in [6, 6.07) is 27.4. The number of rotatable bonds is 2. The zero-order valence-corrected chi connectivity index (χ0v) is 14.7. The first kappa shape index (κ1) is 16.2. The highest BCUT2D eigenvalue weighted by molar-refractivity contribution is 7.80. The molecule has 26 heavy (non-hydrogen) atoms. The second kappa shape index (κ2) is 6.94. The van der Waals surface area contributed by atoms with Crippen LogP contribution in [0.25, 0.3) is 21.5 Å². The molecule has 0 aromatic heterocycles. The third-order valence-corrected chi connectivity index (χ3v) is 4.48.